The lowest BCUT2D eigenvalue weighted by atomic mass is 9.97. The van der Waals surface area contributed by atoms with E-state index >= 15 is 0 Å². The van der Waals surface area contributed by atoms with E-state index in [1.54, 1.807) is 11.0 Å². The van der Waals surface area contributed by atoms with Crippen molar-refractivity contribution in [2.75, 3.05) is 24.7 Å². The second-order valence-corrected chi connectivity index (χ2v) is 6.93. The van der Waals surface area contributed by atoms with E-state index in [4.69, 9.17) is 14.2 Å². The van der Waals surface area contributed by atoms with Crippen molar-refractivity contribution in [2.24, 2.45) is 5.92 Å². The quantitative estimate of drug-likeness (QED) is 0.788. The molecule has 0 unspecified atom stereocenters. The Morgan fingerprint density at radius 1 is 1.08 bits per heavy atom. The van der Waals surface area contributed by atoms with Gasteiger partial charge in [0.2, 0.25) is 5.91 Å². The third-order valence-corrected chi connectivity index (χ3v) is 5.13. The van der Waals surface area contributed by atoms with Gasteiger partial charge >= 0.3 is 5.97 Å². The number of carbonyl (C=O) groups excluding carboxylic acids is 2. The zero-order chi connectivity index (χ0) is 17.2. The highest BCUT2D eigenvalue weighted by atomic mass is 16.6. The zero-order valence-electron chi connectivity index (χ0n) is 14.2. The summed E-state index contributed by atoms with van der Waals surface area (Å²) >= 11 is 0. The number of esters is 1. The van der Waals surface area contributed by atoms with Crippen molar-refractivity contribution >= 4 is 17.6 Å². The lowest BCUT2D eigenvalue weighted by Gasteiger charge is -2.24. The van der Waals surface area contributed by atoms with Crippen LogP contribution in [0.5, 0.6) is 11.5 Å². The Balaban J connectivity index is 1.42. The molecule has 1 aromatic rings. The van der Waals surface area contributed by atoms with Crippen molar-refractivity contribution in [3.63, 3.8) is 0 Å². The molecule has 0 spiro atoms. The second kappa shape index (κ2) is 6.94. The average molecular weight is 345 g/mol. The molecule has 134 valence electrons. The molecule has 0 radical (unpaired) electrons. The number of benzene rings is 1. The zero-order valence-corrected chi connectivity index (χ0v) is 14.2. The number of carbonyl (C=O) groups is 2. The van der Waals surface area contributed by atoms with E-state index < -0.39 is 0 Å². The number of hydrogen-bond donors (Lipinski definition) is 0. The van der Waals surface area contributed by atoms with Crippen LogP contribution in [0.3, 0.4) is 0 Å². The molecule has 0 bridgehead atoms. The van der Waals surface area contributed by atoms with Gasteiger partial charge in [-0.25, -0.2) is 0 Å². The fraction of sp³-hybridized carbons (Fsp3) is 0.579. The third kappa shape index (κ3) is 3.43. The van der Waals surface area contributed by atoms with Crippen LogP contribution in [0.2, 0.25) is 0 Å². The summed E-state index contributed by atoms with van der Waals surface area (Å²) in [5, 5.41) is 0. The first-order valence-corrected chi connectivity index (χ1v) is 9.11. The van der Waals surface area contributed by atoms with Gasteiger partial charge in [0.05, 0.1) is 5.92 Å². The Hall–Kier alpha value is -2.24. The summed E-state index contributed by atoms with van der Waals surface area (Å²) in [5.41, 5.74) is 0.738. The summed E-state index contributed by atoms with van der Waals surface area (Å²) in [6.45, 7) is 1.40. The van der Waals surface area contributed by atoms with Crippen LogP contribution < -0.4 is 14.4 Å². The van der Waals surface area contributed by atoms with Gasteiger partial charge in [-0.1, -0.05) is 6.42 Å². The van der Waals surface area contributed by atoms with Gasteiger partial charge in [-0.15, -0.1) is 0 Å². The Morgan fingerprint density at radius 2 is 1.84 bits per heavy atom. The molecule has 1 aliphatic carbocycles. The monoisotopic (exact) mass is 345 g/mol. The fourth-order valence-electron chi connectivity index (χ4n) is 3.76. The highest BCUT2D eigenvalue weighted by Gasteiger charge is 2.37. The molecule has 6 nitrogen and oxygen atoms in total. The molecule has 2 fully saturated rings. The Bertz CT molecular complexity index is 668. The van der Waals surface area contributed by atoms with Crippen molar-refractivity contribution in [1.82, 2.24) is 0 Å². The molecule has 0 N–H and O–H groups in total. The van der Waals surface area contributed by atoms with Gasteiger partial charge in [-0.3, -0.25) is 9.59 Å². The van der Waals surface area contributed by atoms with Crippen molar-refractivity contribution in [3.05, 3.63) is 18.2 Å². The predicted molar refractivity (Wildman–Crippen MR) is 90.9 cm³/mol. The Kier molecular flexibility index (Phi) is 4.51. The minimum Gasteiger partial charge on any atom is -0.486 e. The molecule has 1 atom stereocenters. The summed E-state index contributed by atoms with van der Waals surface area (Å²) in [6, 6.07) is 5.45. The molecule has 3 aliphatic rings. The Morgan fingerprint density at radius 3 is 2.64 bits per heavy atom. The molecular formula is C19H23NO5. The van der Waals surface area contributed by atoms with Gasteiger partial charge in [-0.2, -0.15) is 0 Å². The molecule has 25 heavy (non-hydrogen) atoms. The summed E-state index contributed by atoms with van der Waals surface area (Å²) < 4.78 is 16.7. The SMILES string of the molecule is O=C(OC1CCCCC1)[C@H]1CC(=O)N(c2ccc3c(c2)OCCO3)C1. The van der Waals surface area contributed by atoms with Gasteiger partial charge in [0, 0.05) is 24.7 Å². The summed E-state index contributed by atoms with van der Waals surface area (Å²) in [4.78, 5) is 26.5. The van der Waals surface area contributed by atoms with Gasteiger partial charge in [0.1, 0.15) is 19.3 Å². The first kappa shape index (κ1) is 16.2. The van der Waals surface area contributed by atoms with Crippen LogP contribution in [0.15, 0.2) is 18.2 Å². The van der Waals surface area contributed by atoms with Gasteiger partial charge in [0.15, 0.2) is 11.5 Å². The van der Waals surface area contributed by atoms with Crippen LogP contribution in [-0.4, -0.2) is 37.7 Å². The van der Waals surface area contributed by atoms with E-state index in [1.165, 1.54) is 6.42 Å². The smallest absolute Gasteiger partial charge is 0.311 e. The topological polar surface area (TPSA) is 65.1 Å². The minimum atomic E-state index is -0.386. The molecule has 4 rings (SSSR count). The molecular weight excluding hydrogens is 322 g/mol. The van der Waals surface area contributed by atoms with Crippen LogP contribution in [-0.2, 0) is 14.3 Å². The lowest BCUT2D eigenvalue weighted by Crippen LogP contribution is -2.29. The summed E-state index contributed by atoms with van der Waals surface area (Å²) in [7, 11) is 0. The lowest BCUT2D eigenvalue weighted by molar-refractivity contribution is -0.155. The summed E-state index contributed by atoms with van der Waals surface area (Å²) in [6.07, 6.45) is 5.57. The normalized spacial score (nSPS) is 23.6. The van der Waals surface area contributed by atoms with E-state index in [0.29, 0.717) is 31.3 Å². The molecule has 0 aromatic heterocycles. The van der Waals surface area contributed by atoms with E-state index in [0.717, 1.165) is 31.4 Å². The molecule has 1 amide bonds. The highest BCUT2D eigenvalue weighted by Crippen LogP contribution is 2.36. The van der Waals surface area contributed by atoms with Crippen LogP contribution in [0, 0.1) is 5.92 Å². The maximum atomic E-state index is 12.4. The first-order chi connectivity index (χ1) is 12.2. The molecule has 2 heterocycles. The van der Waals surface area contributed by atoms with Gasteiger partial charge in [0.25, 0.3) is 0 Å². The largest absolute Gasteiger partial charge is 0.486 e. The number of nitrogens with zero attached hydrogens (tertiary/aromatic N) is 1. The highest BCUT2D eigenvalue weighted by molar-refractivity contribution is 5.99. The number of rotatable bonds is 3. The van der Waals surface area contributed by atoms with Crippen LogP contribution in [0.1, 0.15) is 38.5 Å². The van der Waals surface area contributed by atoms with Crippen molar-refractivity contribution in [1.29, 1.82) is 0 Å². The van der Waals surface area contributed by atoms with Crippen molar-refractivity contribution < 1.29 is 23.8 Å². The molecule has 1 aromatic carbocycles. The number of amides is 1. The number of fused-ring (bicyclic) bond motifs is 1. The maximum Gasteiger partial charge on any atom is 0.311 e. The van der Waals surface area contributed by atoms with E-state index in [-0.39, 0.29) is 30.3 Å². The van der Waals surface area contributed by atoms with E-state index in [2.05, 4.69) is 0 Å². The van der Waals surface area contributed by atoms with E-state index in [9.17, 15) is 9.59 Å². The minimum absolute atomic E-state index is 0.0275. The number of hydrogen-bond acceptors (Lipinski definition) is 5. The number of anilines is 1. The van der Waals surface area contributed by atoms with E-state index in [1.807, 2.05) is 12.1 Å². The van der Waals surface area contributed by atoms with Crippen LogP contribution >= 0.6 is 0 Å². The van der Waals surface area contributed by atoms with Crippen molar-refractivity contribution in [3.8, 4) is 11.5 Å². The third-order valence-electron chi connectivity index (χ3n) is 5.13. The second-order valence-electron chi connectivity index (χ2n) is 6.93. The number of ether oxygens (including phenoxy) is 3. The molecule has 1 saturated carbocycles. The molecule has 1 saturated heterocycles. The van der Waals surface area contributed by atoms with Gasteiger partial charge < -0.3 is 19.1 Å². The van der Waals surface area contributed by atoms with Gasteiger partial charge in [-0.05, 0) is 37.8 Å². The first-order valence-electron chi connectivity index (χ1n) is 9.11. The molecule has 6 heteroatoms. The molecule has 2 aliphatic heterocycles. The maximum absolute atomic E-state index is 12.4. The van der Waals surface area contributed by atoms with Crippen molar-refractivity contribution in [2.45, 2.75) is 44.6 Å². The van der Waals surface area contributed by atoms with Crippen LogP contribution in [0.25, 0.3) is 0 Å². The van der Waals surface area contributed by atoms with Crippen LogP contribution in [0.4, 0.5) is 5.69 Å². The standard InChI is InChI=1S/C19H23NO5/c21-18-10-13(19(22)25-15-4-2-1-3-5-15)12-20(18)14-6-7-16-17(11-14)24-9-8-23-16/h6-7,11,13,15H,1-5,8-10,12H2/t13-/m0/s1. The predicted octanol–water partition coefficient (Wildman–Crippen LogP) is 2.69. The average Bonchev–Trinajstić information content (AvgIpc) is 3.04. The fourth-order valence-corrected chi connectivity index (χ4v) is 3.76. The summed E-state index contributed by atoms with van der Waals surface area (Å²) in [5.74, 6) is 0.657. The Labute approximate surface area is 147 Å².